The molecule has 1 aliphatic heterocycles. The summed E-state index contributed by atoms with van der Waals surface area (Å²) in [5.41, 5.74) is 2.91. The number of hydrogen-bond donors (Lipinski definition) is 1. The Labute approximate surface area is 149 Å². The summed E-state index contributed by atoms with van der Waals surface area (Å²) in [6.45, 7) is 6.40. The van der Waals surface area contributed by atoms with E-state index in [1.807, 2.05) is 50.2 Å². The topological polar surface area (TPSA) is 51.2 Å². The summed E-state index contributed by atoms with van der Waals surface area (Å²) in [7, 11) is 0. The Balaban J connectivity index is 1.60. The molecule has 1 saturated heterocycles. The van der Waals surface area contributed by atoms with Crippen LogP contribution in [0.2, 0.25) is 0 Å². The Morgan fingerprint density at radius 3 is 2.56 bits per heavy atom. The molecule has 0 atom stereocenters. The van der Waals surface area contributed by atoms with Crippen LogP contribution in [0.15, 0.2) is 42.5 Å². The van der Waals surface area contributed by atoms with Gasteiger partial charge in [0.25, 0.3) is 0 Å². The van der Waals surface area contributed by atoms with E-state index >= 15 is 0 Å². The Hall–Kier alpha value is -2.20. The van der Waals surface area contributed by atoms with Crippen LogP contribution >= 0.6 is 0 Å². The van der Waals surface area contributed by atoms with Crippen molar-refractivity contribution in [3.63, 3.8) is 0 Å². The molecule has 0 aliphatic carbocycles. The number of carbonyl (C=O) groups excluding carboxylic acids is 1. The van der Waals surface area contributed by atoms with Crippen LogP contribution in [-0.4, -0.2) is 23.9 Å². The Bertz CT molecular complexity index is 704. The van der Waals surface area contributed by atoms with Gasteiger partial charge < -0.3 is 10.1 Å². The quantitative estimate of drug-likeness (QED) is 0.810. The third kappa shape index (κ3) is 4.67. The van der Waals surface area contributed by atoms with Crippen molar-refractivity contribution in [1.29, 1.82) is 0 Å². The molecule has 0 saturated carbocycles. The van der Waals surface area contributed by atoms with Gasteiger partial charge in [-0.15, -0.1) is 0 Å². The third-order valence-electron chi connectivity index (χ3n) is 4.65. The second-order valence-corrected chi connectivity index (χ2v) is 6.93. The molecule has 3 rings (SSSR count). The molecule has 1 fully saturated rings. The van der Waals surface area contributed by atoms with Gasteiger partial charge in [-0.3, -0.25) is 4.79 Å². The molecular weight excluding hydrogens is 312 g/mol. The minimum Gasteiger partial charge on any atom is -0.473 e. The largest absolute Gasteiger partial charge is 0.473 e. The van der Waals surface area contributed by atoms with E-state index in [2.05, 4.69) is 16.4 Å². The number of benzene rings is 1. The first-order valence-corrected chi connectivity index (χ1v) is 9.07. The molecule has 4 heteroatoms. The van der Waals surface area contributed by atoms with E-state index < -0.39 is 0 Å². The first-order chi connectivity index (χ1) is 12.1. The van der Waals surface area contributed by atoms with Crippen molar-refractivity contribution in [2.24, 2.45) is 5.92 Å². The summed E-state index contributed by atoms with van der Waals surface area (Å²) in [6.07, 6.45) is 2.25. The van der Waals surface area contributed by atoms with Crippen molar-refractivity contribution in [3.05, 3.63) is 59.3 Å². The first kappa shape index (κ1) is 17.6. The fraction of sp³-hybridized carbons (Fsp3) is 0.429. The van der Waals surface area contributed by atoms with E-state index in [4.69, 9.17) is 4.74 Å². The van der Waals surface area contributed by atoms with Crippen molar-refractivity contribution in [3.8, 4) is 5.88 Å². The van der Waals surface area contributed by atoms with E-state index in [0.29, 0.717) is 18.4 Å². The number of piperidine rings is 1. The predicted molar refractivity (Wildman–Crippen MR) is 99.0 cm³/mol. The molecule has 4 nitrogen and oxygen atoms in total. The molecule has 1 aliphatic rings. The predicted octanol–water partition coefficient (Wildman–Crippen LogP) is 3.97. The van der Waals surface area contributed by atoms with Crippen LogP contribution < -0.4 is 10.1 Å². The smallest absolute Gasteiger partial charge is 0.213 e. The lowest BCUT2D eigenvalue weighted by molar-refractivity contribution is 0.0939. The van der Waals surface area contributed by atoms with Gasteiger partial charge in [0.1, 0.15) is 6.61 Å². The van der Waals surface area contributed by atoms with Crippen molar-refractivity contribution < 1.29 is 9.53 Å². The lowest BCUT2D eigenvalue weighted by Gasteiger charge is -2.22. The van der Waals surface area contributed by atoms with E-state index in [-0.39, 0.29) is 11.7 Å². The summed E-state index contributed by atoms with van der Waals surface area (Å²) in [6, 6.07) is 13.7. The van der Waals surface area contributed by atoms with Gasteiger partial charge in [0.15, 0.2) is 5.78 Å². The highest BCUT2D eigenvalue weighted by Gasteiger charge is 2.16. The lowest BCUT2D eigenvalue weighted by Crippen LogP contribution is -2.27. The third-order valence-corrected chi connectivity index (χ3v) is 4.65. The fourth-order valence-corrected chi connectivity index (χ4v) is 3.11. The Kier molecular flexibility index (Phi) is 5.82. The number of ketones is 1. The highest BCUT2D eigenvalue weighted by Crippen LogP contribution is 2.25. The summed E-state index contributed by atoms with van der Waals surface area (Å²) < 4.78 is 5.86. The van der Waals surface area contributed by atoms with Crippen molar-refractivity contribution >= 4 is 5.78 Å². The van der Waals surface area contributed by atoms with Crippen LogP contribution in [0.1, 0.15) is 54.2 Å². The molecule has 0 amide bonds. The molecule has 0 bridgehead atoms. The average molecular weight is 338 g/mol. The monoisotopic (exact) mass is 338 g/mol. The molecule has 2 heterocycles. The van der Waals surface area contributed by atoms with Crippen LogP contribution in [0.25, 0.3) is 0 Å². The maximum absolute atomic E-state index is 12.0. The summed E-state index contributed by atoms with van der Waals surface area (Å²) >= 11 is 0. The number of nitrogens with one attached hydrogen (secondary N) is 1. The molecule has 0 spiro atoms. The molecular formula is C21H26N2O2. The normalized spacial score (nSPS) is 15.3. The molecule has 0 unspecified atom stereocenters. The average Bonchev–Trinajstić information content (AvgIpc) is 2.67. The van der Waals surface area contributed by atoms with E-state index in [1.54, 1.807) is 0 Å². The zero-order valence-electron chi connectivity index (χ0n) is 15.0. The SMILES string of the molecule is CC(C)C(=O)c1ccc(COc2cccc(C3CCNCC3)n2)cc1. The molecule has 1 aromatic heterocycles. The van der Waals surface area contributed by atoms with Gasteiger partial charge in [-0.05, 0) is 37.6 Å². The van der Waals surface area contributed by atoms with Crippen LogP contribution in [0.5, 0.6) is 5.88 Å². The minimum atomic E-state index is 0.0176. The fourth-order valence-electron chi connectivity index (χ4n) is 3.11. The minimum absolute atomic E-state index is 0.0176. The lowest BCUT2D eigenvalue weighted by atomic mass is 9.94. The van der Waals surface area contributed by atoms with Gasteiger partial charge in [0.2, 0.25) is 5.88 Å². The van der Waals surface area contributed by atoms with Crippen molar-refractivity contribution in [2.75, 3.05) is 13.1 Å². The van der Waals surface area contributed by atoms with Gasteiger partial charge in [0.05, 0.1) is 0 Å². The van der Waals surface area contributed by atoms with Gasteiger partial charge in [-0.25, -0.2) is 4.98 Å². The number of pyridine rings is 1. The zero-order valence-corrected chi connectivity index (χ0v) is 15.0. The van der Waals surface area contributed by atoms with Crippen molar-refractivity contribution in [2.45, 2.75) is 39.2 Å². The van der Waals surface area contributed by atoms with Gasteiger partial charge >= 0.3 is 0 Å². The number of Topliss-reactive ketones (excluding diaryl/α,β-unsaturated/α-hetero) is 1. The number of carbonyl (C=O) groups is 1. The van der Waals surface area contributed by atoms with E-state index in [0.717, 1.165) is 42.8 Å². The molecule has 1 N–H and O–H groups in total. The number of aromatic nitrogens is 1. The summed E-state index contributed by atoms with van der Waals surface area (Å²) in [4.78, 5) is 16.7. The number of ether oxygens (including phenoxy) is 1. The Morgan fingerprint density at radius 2 is 1.88 bits per heavy atom. The van der Waals surface area contributed by atoms with Crippen molar-refractivity contribution in [1.82, 2.24) is 10.3 Å². The second-order valence-electron chi connectivity index (χ2n) is 6.93. The van der Waals surface area contributed by atoms with Gasteiger partial charge in [0, 0.05) is 29.2 Å². The highest BCUT2D eigenvalue weighted by atomic mass is 16.5. The van der Waals surface area contributed by atoms with Crippen LogP contribution in [0.4, 0.5) is 0 Å². The number of nitrogens with zero attached hydrogens (tertiary/aromatic N) is 1. The first-order valence-electron chi connectivity index (χ1n) is 9.07. The van der Waals surface area contributed by atoms with Gasteiger partial charge in [-0.2, -0.15) is 0 Å². The maximum atomic E-state index is 12.0. The standard InChI is InChI=1S/C21H26N2O2/c1-15(2)21(24)18-8-6-16(7-9-18)14-25-20-5-3-4-19(23-20)17-10-12-22-13-11-17/h3-9,15,17,22H,10-14H2,1-2H3. The van der Waals surface area contributed by atoms with E-state index in [1.165, 1.54) is 0 Å². The molecule has 132 valence electrons. The number of hydrogen-bond acceptors (Lipinski definition) is 4. The maximum Gasteiger partial charge on any atom is 0.213 e. The van der Waals surface area contributed by atoms with Crippen LogP contribution in [-0.2, 0) is 6.61 Å². The van der Waals surface area contributed by atoms with E-state index in [9.17, 15) is 4.79 Å². The molecule has 25 heavy (non-hydrogen) atoms. The molecule has 1 aromatic carbocycles. The molecule has 2 aromatic rings. The second kappa shape index (κ2) is 8.26. The Morgan fingerprint density at radius 1 is 1.16 bits per heavy atom. The molecule has 0 radical (unpaired) electrons. The van der Waals surface area contributed by atoms with Gasteiger partial charge in [-0.1, -0.05) is 44.2 Å². The summed E-state index contributed by atoms with van der Waals surface area (Å²) in [5, 5.41) is 3.38. The number of rotatable bonds is 6. The van der Waals surface area contributed by atoms with Crippen LogP contribution in [0, 0.1) is 5.92 Å². The highest BCUT2D eigenvalue weighted by molar-refractivity contribution is 5.97. The van der Waals surface area contributed by atoms with Crippen LogP contribution in [0.3, 0.4) is 0 Å². The zero-order chi connectivity index (χ0) is 17.6. The summed E-state index contributed by atoms with van der Waals surface area (Å²) in [5.74, 6) is 1.37.